The maximum atomic E-state index is 13.1. The zero-order valence-corrected chi connectivity index (χ0v) is 27.0. The number of alkyl carbamates (subject to hydrolysis) is 1. The molecule has 0 fully saturated rings. The number of rotatable bonds is 16. The highest BCUT2D eigenvalue weighted by molar-refractivity contribution is 6.03. The second-order valence-electron chi connectivity index (χ2n) is 12.7. The van der Waals surface area contributed by atoms with E-state index in [9.17, 15) is 24.3 Å². The predicted molar refractivity (Wildman–Crippen MR) is 166 cm³/mol. The Hall–Kier alpha value is -3.14. The summed E-state index contributed by atoms with van der Waals surface area (Å²) in [7, 11) is 0. The van der Waals surface area contributed by atoms with Crippen molar-refractivity contribution in [1.29, 1.82) is 0 Å². The quantitative estimate of drug-likeness (QED) is 0.174. The number of anilines is 1. The van der Waals surface area contributed by atoms with Gasteiger partial charge in [-0.15, -0.1) is 0 Å². The van der Waals surface area contributed by atoms with Crippen LogP contribution in [0.15, 0.2) is 24.3 Å². The number of hydrogen-bond acceptors (Lipinski definition) is 6. The smallest absolute Gasteiger partial charge is 0.407 e. The van der Waals surface area contributed by atoms with Crippen molar-refractivity contribution >= 4 is 29.5 Å². The summed E-state index contributed by atoms with van der Waals surface area (Å²) in [5.74, 6) is -1.24. The third kappa shape index (κ3) is 13.7. The normalized spacial score (nSPS) is 14.5. The van der Waals surface area contributed by atoms with Gasteiger partial charge >= 0.3 is 6.09 Å². The lowest BCUT2D eigenvalue weighted by atomic mass is 9.82. The molecule has 0 saturated carbocycles. The molecule has 42 heavy (non-hydrogen) atoms. The zero-order chi connectivity index (χ0) is 32.0. The highest BCUT2D eigenvalue weighted by atomic mass is 16.6. The number of carbonyl (C=O) groups is 4. The van der Waals surface area contributed by atoms with Gasteiger partial charge in [-0.05, 0) is 69.9 Å². The number of aliphatic hydroxyl groups excluding tert-OH is 1. The van der Waals surface area contributed by atoms with Crippen LogP contribution in [0.4, 0.5) is 10.5 Å². The molecule has 238 valence electrons. The Labute approximate surface area is 252 Å². The first-order valence-corrected chi connectivity index (χ1v) is 15.2. The van der Waals surface area contributed by atoms with E-state index in [0.717, 1.165) is 12.8 Å². The molecule has 0 saturated heterocycles. The molecule has 0 radical (unpaired) electrons. The molecular weight excluding hydrogens is 536 g/mol. The lowest BCUT2D eigenvalue weighted by Gasteiger charge is -2.33. The van der Waals surface area contributed by atoms with E-state index in [2.05, 4.69) is 28.2 Å². The first-order chi connectivity index (χ1) is 19.5. The molecule has 0 aliphatic rings. The summed E-state index contributed by atoms with van der Waals surface area (Å²) in [4.78, 5) is 50.4. The minimum absolute atomic E-state index is 0.0210. The average Bonchev–Trinajstić information content (AvgIpc) is 2.87. The van der Waals surface area contributed by atoms with Gasteiger partial charge in [0, 0.05) is 25.9 Å². The van der Waals surface area contributed by atoms with Gasteiger partial charge in [-0.3, -0.25) is 14.4 Å². The van der Waals surface area contributed by atoms with Crippen LogP contribution in [0.5, 0.6) is 0 Å². The van der Waals surface area contributed by atoms with Crippen molar-refractivity contribution in [3.8, 4) is 0 Å². The largest absolute Gasteiger partial charge is 0.444 e. The molecule has 0 aliphatic heterocycles. The van der Waals surface area contributed by atoms with E-state index in [1.165, 1.54) is 6.92 Å². The fourth-order valence-corrected chi connectivity index (χ4v) is 4.61. The van der Waals surface area contributed by atoms with Gasteiger partial charge in [0.15, 0.2) is 0 Å². The Morgan fingerprint density at radius 3 is 2.14 bits per heavy atom. The second kappa shape index (κ2) is 17.7. The van der Waals surface area contributed by atoms with Gasteiger partial charge in [0.1, 0.15) is 5.60 Å². The number of amides is 4. The van der Waals surface area contributed by atoms with E-state index in [-0.39, 0.29) is 48.4 Å². The molecule has 1 aromatic rings. The van der Waals surface area contributed by atoms with Crippen molar-refractivity contribution in [2.75, 3.05) is 18.4 Å². The second-order valence-corrected chi connectivity index (χ2v) is 12.7. The maximum absolute atomic E-state index is 13.1. The van der Waals surface area contributed by atoms with Crippen molar-refractivity contribution in [3.63, 3.8) is 0 Å². The van der Waals surface area contributed by atoms with Crippen LogP contribution in [0.1, 0.15) is 98.4 Å². The Kier molecular flexibility index (Phi) is 15.6. The number of benzene rings is 1. The highest BCUT2D eigenvalue weighted by Crippen LogP contribution is 2.25. The minimum atomic E-state index is -1.03. The molecule has 1 rings (SSSR count). The van der Waals surface area contributed by atoms with Crippen LogP contribution in [0, 0.1) is 23.7 Å². The molecule has 4 atom stereocenters. The van der Waals surface area contributed by atoms with Crippen LogP contribution in [0.3, 0.4) is 0 Å². The predicted octanol–water partition coefficient (Wildman–Crippen LogP) is 4.87. The molecule has 0 heterocycles. The van der Waals surface area contributed by atoms with Crippen LogP contribution in [0.2, 0.25) is 0 Å². The van der Waals surface area contributed by atoms with Crippen molar-refractivity contribution in [2.45, 2.75) is 106 Å². The van der Waals surface area contributed by atoms with E-state index in [1.54, 1.807) is 45.0 Å². The molecule has 0 aliphatic carbocycles. The van der Waals surface area contributed by atoms with Crippen molar-refractivity contribution < 1.29 is 29.0 Å². The van der Waals surface area contributed by atoms with Crippen LogP contribution < -0.4 is 21.3 Å². The Morgan fingerprint density at radius 2 is 1.60 bits per heavy atom. The summed E-state index contributed by atoms with van der Waals surface area (Å²) in [5.41, 5.74) is 0.0272. The average molecular weight is 591 g/mol. The summed E-state index contributed by atoms with van der Waals surface area (Å²) < 4.78 is 5.48. The Morgan fingerprint density at radius 1 is 0.952 bits per heavy atom. The monoisotopic (exact) mass is 590 g/mol. The van der Waals surface area contributed by atoms with Gasteiger partial charge in [0.05, 0.1) is 23.4 Å². The lowest BCUT2D eigenvalue weighted by molar-refractivity contribution is -0.127. The third-order valence-corrected chi connectivity index (χ3v) is 7.14. The molecule has 5 N–H and O–H groups in total. The molecule has 0 aromatic heterocycles. The number of hydrogen-bond donors (Lipinski definition) is 5. The van der Waals surface area contributed by atoms with Crippen LogP contribution in [-0.4, -0.2) is 59.8 Å². The van der Waals surface area contributed by atoms with Crippen molar-refractivity contribution in [2.24, 2.45) is 23.7 Å². The number of unbranched alkanes of at least 4 members (excludes halogenated alkanes) is 1. The molecule has 10 nitrogen and oxygen atoms in total. The number of ether oxygens (including phenoxy) is 1. The number of para-hydroxylation sites is 1. The molecule has 4 unspecified atom stereocenters. The number of nitrogens with one attached hydrogen (secondary N) is 4. The fourth-order valence-electron chi connectivity index (χ4n) is 4.61. The van der Waals surface area contributed by atoms with E-state index in [0.29, 0.717) is 24.2 Å². The van der Waals surface area contributed by atoms with Crippen molar-refractivity contribution in [1.82, 2.24) is 16.0 Å². The molecule has 1 aromatic carbocycles. The topological polar surface area (TPSA) is 146 Å². The number of aliphatic hydroxyl groups is 1. The Balaban J connectivity index is 3.14. The van der Waals surface area contributed by atoms with E-state index in [4.69, 9.17) is 4.74 Å². The van der Waals surface area contributed by atoms with Gasteiger partial charge in [-0.1, -0.05) is 53.2 Å². The van der Waals surface area contributed by atoms with Crippen LogP contribution in [-0.2, 0) is 14.3 Å². The summed E-state index contributed by atoms with van der Waals surface area (Å²) in [6, 6.07) is 6.04. The minimum Gasteiger partial charge on any atom is -0.444 e. The summed E-state index contributed by atoms with van der Waals surface area (Å²) in [6.45, 7) is 17.5. The van der Waals surface area contributed by atoms with Gasteiger partial charge < -0.3 is 31.1 Å². The van der Waals surface area contributed by atoms with Gasteiger partial charge in [-0.25, -0.2) is 4.79 Å². The molecule has 0 bridgehead atoms. The summed E-state index contributed by atoms with van der Waals surface area (Å²) in [6.07, 6.45) is 0.656. The van der Waals surface area contributed by atoms with Crippen LogP contribution >= 0.6 is 0 Å². The zero-order valence-electron chi connectivity index (χ0n) is 27.0. The lowest BCUT2D eigenvalue weighted by Crippen LogP contribution is -2.49. The fraction of sp³-hybridized carbons (Fsp3) is 0.688. The van der Waals surface area contributed by atoms with E-state index < -0.39 is 29.8 Å². The maximum Gasteiger partial charge on any atom is 0.407 e. The standard InChI is InChI=1S/C32H54N4O6/c1-10-11-16-33-30(40)25(21(4)5)18-28(38)27(36-31(41)42-32(7,8)9)17-23(20(2)3)19-34-29(39)24-14-12-13-15-26(24)35-22(6)37/h12-15,20-21,23,25,27-28,38H,10-11,16-19H2,1-9H3,(H,33,40)(H,34,39)(H,35,37)(H,36,41). The van der Waals surface area contributed by atoms with Gasteiger partial charge in [0.2, 0.25) is 11.8 Å². The van der Waals surface area contributed by atoms with Crippen LogP contribution in [0.25, 0.3) is 0 Å². The molecule has 0 spiro atoms. The molecule has 10 heteroatoms. The van der Waals surface area contributed by atoms with Crippen molar-refractivity contribution in [3.05, 3.63) is 29.8 Å². The number of carbonyl (C=O) groups excluding carboxylic acids is 4. The van der Waals surface area contributed by atoms with Gasteiger partial charge in [0.25, 0.3) is 5.91 Å². The molecular formula is C32H54N4O6. The summed E-state index contributed by atoms with van der Waals surface area (Å²) in [5, 5.41) is 22.9. The highest BCUT2D eigenvalue weighted by Gasteiger charge is 2.33. The van der Waals surface area contributed by atoms with E-state index >= 15 is 0 Å². The summed E-state index contributed by atoms with van der Waals surface area (Å²) >= 11 is 0. The first kappa shape index (κ1) is 36.9. The third-order valence-electron chi connectivity index (χ3n) is 7.14. The van der Waals surface area contributed by atoms with Gasteiger partial charge in [-0.2, -0.15) is 0 Å². The SMILES string of the molecule is CCCCNC(=O)C(CC(O)C(CC(CNC(=O)c1ccccc1NC(C)=O)C(C)C)NC(=O)OC(C)(C)C)C(C)C. The first-order valence-electron chi connectivity index (χ1n) is 15.2. The van der Waals surface area contributed by atoms with E-state index in [1.807, 2.05) is 27.7 Å². The molecule has 4 amide bonds. The Bertz CT molecular complexity index is 1020.